The first-order chi connectivity index (χ1) is 17.0. The van der Waals surface area contributed by atoms with Crippen LogP contribution in [0, 0.1) is 6.92 Å². The molecular weight excluding hydrogens is 466 g/mol. The molecule has 0 saturated carbocycles. The normalized spacial score (nSPS) is 15.0. The fourth-order valence-corrected chi connectivity index (χ4v) is 4.64. The van der Waals surface area contributed by atoms with Crippen molar-refractivity contribution in [3.05, 3.63) is 110 Å². The van der Waals surface area contributed by atoms with E-state index in [1.807, 2.05) is 61.5 Å². The van der Waals surface area contributed by atoms with Crippen molar-refractivity contribution in [1.29, 1.82) is 0 Å². The van der Waals surface area contributed by atoms with E-state index >= 15 is 0 Å². The van der Waals surface area contributed by atoms with Crippen molar-refractivity contribution in [3.8, 4) is 5.75 Å². The molecule has 1 N–H and O–H groups in total. The highest BCUT2D eigenvalue weighted by Gasteiger charge is 2.42. The Kier molecular flexibility index (Phi) is 6.32. The molecule has 5 rings (SSSR count). The van der Waals surface area contributed by atoms with Gasteiger partial charge in [-0.05, 0) is 54.3 Å². The van der Waals surface area contributed by atoms with Crippen LogP contribution in [0.2, 0.25) is 5.02 Å². The molecule has 7 heteroatoms. The molecule has 1 aliphatic heterocycles. The van der Waals surface area contributed by atoms with E-state index in [0.29, 0.717) is 34.8 Å². The van der Waals surface area contributed by atoms with Gasteiger partial charge in [0.25, 0.3) is 5.91 Å². The fraction of sp³-hybridized carbons (Fsp3) is 0.214. The molecule has 0 radical (unpaired) electrons. The van der Waals surface area contributed by atoms with E-state index in [2.05, 4.69) is 0 Å². The lowest BCUT2D eigenvalue weighted by Crippen LogP contribution is -2.31. The first-order valence-corrected chi connectivity index (χ1v) is 11.8. The maximum atomic E-state index is 13.6. The van der Waals surface area contributed by atoms with Crippen molar-refractivity contribution in [2.45, 2.75) is 26.0 Å². The monoisotopic (exact) mass is 489 g/mol. The molecule has 3 aromatic carbocycles. The predicted molar refractivity (Wildman–Crippen MR) is 134 cm³/mol. The van der Waals surface area contributed by atoms with E-state index < -0.39 is 6.04 Å². The van der Waals surface area contributed by atoms with Crippen LogP contribution in [0.5, 0.6) is 5.75 Å². The summed E-state index contributed by atoms with van der Waals surface area (Å²) in [5.41, 5.74) is 2.83. The number of fused-ring (bicyclic) bond motifs is 2. The molecule has 1 atom stereocenters. The maximum Gasteiger partial charge on any atom is 0.290 e. The predicted octanol–water partition coefficient (Wildman–Crippen LogP) is 5.26. The van der Waals surface area contributed by atoms with Crippen LogP contribution in [0.25, 0.3) is 11.0 Å². The van der Waals surface area contributed by atoms with Crippen molar-refractivity contribution in [2.24, 2.45) is 0 Å². The van der Waals surface area contributed by atoms with Gasteiger partial charge in [-0.3, -0.25) is 9.59 Å². The van der Waals surface area contributed by atoms with Crippen LogP contribution in [0.1, 0.15) is 45.3 Å². The number of rotatable bonds is 7. The van der Waals surface area contributed by atoms with Crippen LogP contribution in [0.3, 0.4) is 0 Å². The van der Waals surface area contributed by atoms with Crippen LogP contribution in [-0.2, 0) is 6.61 Å². The number of carbonyl (C=O) groups excluding carboxylic acids is 1. The van der Waals surface area contributed by atoms with Gasteiger partial charge in [0.1, 0.15) is 17.9 Å². The molecule has 0 saturated heterocycles. The largest absolute Gasteiger partial charge is 0.489 e. The number of hydrogen-bond donors (Lipinski definition) is 1. The summed E-state index contributed by atoms with van der Waals surface area (Å²) in [5.74, 6) is 0.279. The average Bonchev–Trinajstić information content (AvgIpc) is 3.15. The zero-order valence-electron chi connectivity index (χ0n) is 19.2. The highest BCUT2D eigenvalue weighted by Crippen LogP contribution is 2.39. The standard InChI is InChI=1S/C28H24ClNO5/c1-17-13-23-21(15-22(17)29)26(32)24-25(30(11-6-12-31)28(33)27(24)35-23)19-9-5-10-20(14-19)34-16-18-7-3-2-4-8-18/h2-5,7-10,13-15,25,31H,6,11-12,16H2,1H3. The summed E-state index contributed by atoms with van der Waals surface area (Å²) in [6.45, 7) is 2.40. The lowest BCUT2D eigenvalue weighted by molar-refractivity contribution is 0.0716. The summed E-state index contributed by atoms with van der Waals surface area (Å²) in [6, 6.07) is 19.8. The summed E-state index contributed by atoms with van der Waals surface area (Å²) in [7, 11) is 0. The van der Waals surface area contributed by atoms with E-state index in [1.54, 1.807) is 17.0 Å². The van der Waals surface area contributed by atoms with E-state index in [4.69, 9.17) is 20.8 Å². The van der Waals surface area contributed by atoms with Crippen LogP contribution in [-0.4, -0.2) is 29.1 Å². The summed E-state index contributed by atoms with van der Waals surface area (Å²) in [4.78, 5) is 28.6. The number of benzene rings is 3. The molecule has 0 bridgehead atoms. The van der Waals surface area contributed by atoms with Crippen LogP contribution < -0.4 is 10.2 Å². The number of aliphatic hydroxyl groups is 1. The molecule has 1 aromatic heterocycles. The number of amides is 1. The van der Waals surface area contributed by atoms with Gasteiger partial charge in [0.05, 0.1) is 17.0 Å². The van der Waals surface area contributed by atoms with E-state index in [1.165, 1.54) is 0 Å². The van der Waals surface area contributed by atoms with Crippen molar-refractivity contribution in [2.75, 3.05) is 13.2 Å². The molecule has 0 fully saturated rings. The Morgan fingerprint density at radius 2 is 1.86 bits per heavy atom. The molecule has 178 valence electrons. The van der Waals surface area contributed by atoms with Gasteiger partial charge in [-0.25, -0.2) is 0 Å². The summed E-state index contributed by atoms with van der Waals surface area (Å²) in [5, 5.41) is 10.2. The number of halogens is 1. The molecule has 0 spiro atoms. The van der Waals surface area contributed by atoms with E-state index in [0.717, 1.165) is 16.7 Å². The third-order valence-electron chi connectivity index (χ3n) is 6.23. The van der Waals surface area contributed by atoms with Crippen molar-refractivity contribution >= 4 is 28.5 Å². The first kappa shape index (κ1) is 23.1. The van der Waals surface area contributed by atoms with E-state index in [9.17, 15) is 14.7 Å². The van der Waals surface area contributed by atoms with Gasteiger partial charge in [-0.1, -0.05) is 54.1 Å². The Balaban J connectivity index is 1.59. The molecule has 1 amide bonds. The Bertz CT molecular complexity index is 1460. The molecule has 0 aliphatic carbocycles. The zero-order chi connectivity index (χ0) is 24.5. The number of aliphatic hydroxyl groups excluding tert-OH is 1. The summed E-state index contributed by atoms with van der Waals surface area (Å²) in [6.07, 6.45) is 0.374. The molecule has 1 aliphatic rings. The Hall–Kier alpha value is -3.61. The topological polar surface area (TPSA) is 80.0 Å². The minimum absolute atomic E-state index is 0.0303. The SMILES string of the molecule is Cc1cc2oc3c(c(=O)c2cc1Cl)C(c1cccc(OCc2ccccc2)c1)N(CCCO)C3=O. The van der Waals surface area contributed by atoms with Gasteiger partial charge in [0, 0.05) is 18.2 Å². The lowest BCUT2D eigenvalue weighted by atomic mass is 9.98. The summed E-state index contributed by atoms with van der Waals surface area (Å²) < 4.78 is 12.0. The molecule has 6 nitrogen and oxygen atoms in total. The number of hydrogen-bond acceptors (Lipinski definition) is 5. The molecule has 1 unspecified atom stereocenters. The number of ether oxygens (including phenoxy) is 1. The second-order valence-electron chi connectivity index (χ2n) is 8.60. The molecular formula is C28H24ClNO5. The highest BCUT2D eigenvalue weighted by atomic mass is 35.5. The molecule has 4 aromatic rings. The Morgan fingerprint density at radius 3 is 2.63 bits per heavy atom. The smallest absolute Gasteiger partial charge is 0.290 e. The van der Waals surface area contributed by atoms with Crippen LogP contribution in [0.4, 0.5) is 0 Å². The Morgan fingerprint density at radius 1 is 1.06 bits per heavy atom. The van der Waals surface area contributed by atoms with Gasteiger partial charge in [-0.2, -0.15) is 0 Å². The maximum absolute atomic E-state index is 13.6. The van der Waals surface area contributed by atoms with Crippen LogP contribution in [0.15, 0.2) is 75.9 Å². The van der Waals surface area contributed by atoms with Gasteiger partial charge in [-0.15, -0.1) is 0 Å². The minimum atomic E-state index is -0.662. The van der Waals surface area contributed by atoms with Gasteiger partial charge in [0.2, 0.25) is 5.76 Å². The van der Waals surface area contributed by atoms with Gasteiger partial charge in [0.15, 0.2) is 5.43 Å². The second kappa shape index (κ2) is 9.56. The zero-order valence-corrected chi connectivity index (χ0v) is 19.9. The number of nitrogens with zero attached hydrogens (tertiary/aromatic N) is 1. The van der Waals surface area contributed by atoms with Gasteiger partial charge >= 0.3 is 0 Å². The number of aryl methyl sites for hydroxylation is 1. The van der Waals surface area contributed by atoms with Crippen molar-refractivity contribution in [1.82, 2.24) is 4.90 Å². The van der Waals surface area contributed by atoms with Crippen LogP contribution >= 0.6 is 11.6 Å². The third kappa shape index (κ3) is 4.31. The van der Waals surface area contributed by atoms with Crippen molar-refractivity contribution < 1.29 is 19.1 Å². The van der Waals surface area contributed by atoms with Crippen molar-refractivity contribution in [3.63, 3.8) is 0 Å². The van der Waals surface area contributed by atoms with Gasteiger partial charge < -0.3 is 19.2 Å². The second-order valence-corrected chi connectivity index (χ2v) is 9.00. The highest BCUT2D eigenvalue weighted by molar-refractivity contribution is 6.32. The molecule has 35 heavy (non-hydrogen) atoms. The lowest BCUT2D eigenvalue weighted by Gasteiger charge is -2.25. The third-order valence-corrected chi connectivity index (χ3v) is 6.63. The minimum Gasteiger partial charge on any atom is -0.489 e. The first-order valence-electron chi connectivity index (χ1n) is 11.4. The fourth-order valence-electron chi connectivity index (χ4n) is 4.47. The quantitative estimate of drug-likeness (QED) is 0.383. The molecule has 2 heterocycles. The summed E-state index contributed by atoms with van der Waals surface area (Å²) >= 11 is 6.29. The number of carbonyl (C=O) groups is 1. The van der Waals surface area contributed by atoms with E-state index in [-0.39, 0.29) is 35.8 Å². The Labute approximate surface area is 207 Å². The average molecular weight is 490 g/mol.